The van der Waals surface area contributed by atoms with Crippen LogP contribution in [0.25, 0.3) is 10.9 Å². The molecule has 1 N–H and O–H groups in total. The van der Waals surface area contributed by atoms with Gasteiger partial charge in [-0.05, 0) is 54.0 Å². The molecule has 1 aromatic carbocycles. The van der Waals surface area contributed by atoms with Crippen molar-refractivity contribution in [3.05, 3.63) is 64.1 Å². The van der Waals surface area contributed by atoms with Crippen molar-refractivity contribution in [3.63, 3.8) is 0 Å². The van der Waals surface area contributed by atoms with E-state index in [0.29, 0.717) is 49.4 Å². The molecule has 3 aromatic heterocycles. The molecule has 6 rings (SSSR count). The molecule has 1 aliphatic heterocycles. The lowest BCUT2D eigenvalue weighted by Gasteiger charge is -2.31. The largest absolute Gasteiger partial charge is 0.486 e. The molecular formula is C27H32N6O4. The number of tetrazole rings is 1. The smallest absolute Gasteiger partial charge is 0.252 e. The van der Waals surface area contributed by atoms with Crippen LogP contribution < -0.4 is 15.0 Å². The van der Waals surface area contributed by atoms with E-state index in [1.165, 1.54) is 19.3 Å². The Morgan fingerprint density at radius 1 is 1.11 bits per heavy atom. The number of furan rings is 1. The zero-order chi connectivity index (χ0) is 25.2. The van der Waals surface area contributed by atoms with Gasteiger partial charge in [0.2, 0.25) is 0 Å². The Labute approximate surface area is 214 Å². The van der Waals surface area contributed by atoms with Gasteiger partial charge in [0.15, 0.2) is 17.3 Å². The molecule has 1 atom stereocenters. The van der Waals surface area contributed by atoms with Crippen LogP contribution in [0, 0.1) is 0 Å². The van der Waals surface area contributed by atoms with Gasteiger partial charge in [-0.2, -0.15) is 0 Å². The summed E-state index contributed by atoms with van der Waals surface area (Å²) in [6.45, 7) is 4.09. The van der Waals surface area contributed by atoms with Crippen molar-refractivity contribution in [1.82, 2.24) is 30.1 Å². The third-order valence-electron chi connectivity index (χ3n) is 7.46. The first kappa shape index (κ1) is 23.7. The average Bonchev–Trinajstić information content (AvgIpc) is 3.62. The fraction of sp³-hybridized carbons (Fsp3) is 0.481. The second kappa shape index (κ2) is 10.4. The maximum atomic E-state index is 13.2. The highest BCUT2D eigenvalue weighted by molar-refractivity contribution is 5.83. The van der Waals surface area contributed by atoms with E-state index < -0.39 is 0 Å². The highest BCUT2D eigenvalue weighted by Crippen LogP contribution is 2.35. The maximum Gasteiger partial charge on any atom is 0.252 e. The van der Waals surface area contributed by atoms with E-state index in [-0.39, 0.29) is 11.6 Å². The second-order valence-corrected chi connectivity index (χ2v) is 9.89. The summed E-state index contributed by atoms with van der Waals surface area (Å²) < 4.78 is 19.2. The zero-order valence-corrected chi connectivity index (χ0v) is 21.1. The maximum absolute atomic E-state index is 13.2. The number of H-pyrrole nitrogens is 1. The predicted molar refractivity (Wildman–Crippen MR) is 136 cm³/mol. The fourth-order valence-corrected chi connectivity index (χ4v) is 5.61. The molecular weight excluding hydrogens is 472 g/mol. The summed E-state index contributed by atoms with van der Waals surface area (Å²) >= 11 is 0. The van der Waals surface area contributed by atoms with Crippen molar-refractivity contribution in [2.45, 2.75) is 70.6 Å². The SMILES string of the molecule is CC[C@@H](c1nnnn1C1CCCCC1)N(Cc1ccco1)Cc1cc2cc3c(cc2[nH]c1=O)OCCO3. The third-order valence-corrected chi connectivity index (χ3v) is 7.46. The molecule has 0 radical (unpaired) electrons. The minimum absolute atomic E-state index is 0.0858. The van der Waals surface area contributed by atoms with Gasteiger partial charge in [-0.3, -0.25) is 9.69 Å². The summed E-state index contributed by atoms with van der Waals surface area (Å²) in [5, 5.41) is 13.9. The van der Waals surface area contributed by atoms with Crippen LogP contribution in [0.5, 0.6) is 11.5 Å². The number of aromatic amines is 1. The molecule has 0 spiro atoms. The van der Waals surface area contributed by atoms with Gasteiger partial charge in [0, 0.05) is 23.6 Å². The summed E-state index contributed by atoms with van der Waals surface area (Å²) in [5.74, 6) is 3.02. The monoisotopic (exact) mass is 504 g/mol. The number of nitrogens with zero attached hydrogens (tertiary/aromatic N) is 5. The number of aromatic nitrogens is 5. The van der Waals surface area contributed by atoms with Crippen LogP contribution in [0.1, 0.15) is 74.7 Å². The number of pyridine rings is 1. The Hall–Kier alpha value is -3.66. The van der Waals surface area contributed by atoms with Crippen molar-refractivity contribution in [2.75, 3.05) is 13.2 Å². The molecule has 10 heteroatoms. The summed E-state index contributed by atoms with van der Waals surface area (Å²) in [7, 11) is 0. The van der Waals surface area contributed by atoms with Crippen molar-refractivity contribution in [2.24, 2.45) is 0 Å². The van der Waals surface area contributed by atoms with E-state index in [0.717, 1.165) is 41.8 Å². The van der Waals surface area contributed by atoms with Crippen molar-refractivity contribution in [3.8, 4) is 11.5 Å². The Bertz CT molecular complexity index is 1410. The first-order chi connectivity index (χ1) is 18.2. The molecule has 194 valence electrons. The lowest BCUT2D eigenvalue weighted by molar-refractivity contribution is 0.144. The van der Waals surface area contributed by atoms with Gasteiger partial charge in [-0.1, -0.05) is 26.2 Å². The molecule has 4 aromatic rings. The summed E-state index contributed by atoms with van der Waals surface area (Å²) in [5.41, 5.74) is 1.25. The number of fused-ring (bicyclic) bond motifs is 2. The van der Waals surface area contributed by atoms with E-state index in [1.807, 2.05) is 35.0 Å². The molecule has 1 fully saturated rings. The predicted octanol–water partition coefficient (Wildman–Crippen LogP) is 4.54. The van der Waals surface area contributed by atoms with Gasteiger partial charge in [0.25, 0.3) is 5.56 Å². The molecule has 10 nitrogen and oxygen atoms in total. The number of nitrogens with one attached hydrogen (secondary N) is 1. The van der Waals surface area contributed by atoms with Gasteiger partial charge in [0.1, 0.15) is 19.0 Å². The average molecular weight is 505 g/mol. The number of ether oxygens (including phenoxy) is 2. The molecule has 2 aliphatic rings. The Morgan fingerprint density at radius 2 is 1.92 bits per heavy atom. The first-order valence-corrected chi connectivity index (χ1v) is 13.2. The highest BCUT2D eigenvalue weighted by atomic mass is 16.6. The van der Waals surface area contributed by atoms with E-state index in [2.05, 4.69) is 32.3 Å². The normalized spacial score (nSPS) is 16.9. The number of benzene rings is 1. The Kier molecular flexibility index (Phi) is 6.65. The minimum Gasteiger partial charge on any atom is -0.486 e. The Balaban J connectivity index is 1.36. The molecule has 0 unspecified atom stereocenters. The number of hydrogen-bond donors (Lipinski definition) is 1. The first-order valence-electron chi connectivity index (χ1n) is 13.2. The fourth-order valence-electron chi connectivity index (χ4n) is 5.61. The molecule has 0 saturated heterocycles. The molecule has 4 heterocycles. The van der Waals surface area contributed by atoms with Gasteiger partial charge < -0.3 is 18.9 Å². The van der Waals surface area contributed by atoms with Crippen LogP contribution in [-0.4, -0.2) is 43.3 Å². The van der Waals surface area contributed by atoms with Crippen molar-refractivity contribution in [1.29, 1.82) is 0 Å². The van der Waals surface area contributed by atoms with E-state index in [1.54, 1.807) is 6.26 Å². The van der Waals surface area contributed by atoms with Gasteiger partial charge >= 0.3 is 0 Å². The van der Waals surface area contributed by atoms with Crippen LogP contribution in [0.2, 0.25) is 0 Å². The summed E-state index contributed by atoms with van der Waals surface area (Å²) in [6.07, 6.45) is 8.30. The third kappa shape index (κ3) is 4.85. The number of hydrogen-bond acceptors (Lipinski definition) is 8. The minimum atomic E-state index is -0.129. The lowest BCUT2D eigenvalue weighted by atomic mass is 9.95. The van der Waals surface area contributed by atoms with Crippen LogP contribution in [0.15, 0.2) is 45.8 Å². The Morgan fingerprint density at radius 3 is 2.68 bits per heavy atom. The van der Waals surface area contributed by atoms with E-state index in [4.69, 9.17) is 13.9 Å². The van der Waals surface area contributed by atoms with Crippen LogP contribution >= 0.6 is 0 Å². The van der Waals surface area contributed by atoms with Gasteiger partial charge in [0.05, 0.1) is 30.4 Å². The summed E-state index contributed by atoms with van der Waals surface area (Å²) in [6, 6.07) is 9.78. The molecule has 1 saturated carbocycles. The quantitative estimate of drug-likeness (QED) is 0.372. The van der Waals surface area contributed by atoms with Crippen LogP contribution in [-0.2, 0) is 13.1 Å². The topological polar surface area (TPSA) is 111 Å². The molecule has 0 amide bonds. The van der Waals surface area contributed by atoms with Crippen molar-refractivity contribution >= 4 is 10.9 Å². The van der Waals surface area contributed by atoms with E-state index in [9.17, 15) is 4.79 Å². The van der Waals surface area contributed by atoms with Crippen LogP contribution in [0.3, 0.4) is 0 Å². The number of rotatable bonds is 8. The van der Waals surface area contributed by atoms with E-state index >= 15 is 0 Å². The van der Waals surface area contributed by atoms with Crippen molar-refractivity contribution < 1.29 is 13.9 Å². The standard InChI is InChI=1S/C27H32N6O4/c1-2-23(26-29-30-31-33(26)20-7-4-3-5-8-20)32(17-21-9-6-10-35-21)16-19-13-18-14-24-25(37-12-11-36-24)15-22(18)28-27(19)34/h6,9-10,13-15,20,23H,2-5,7-8,11-12,16-17H2,1H3,(H,28,34)/t23-/m0/s1. The van der Waals surface area contributed by atoms with Gasteiger partial charge in [-0.25, -0.2) is 4.68 Å². The zero-order valence-electron chi connectivity index (χ0n) is 21.1. The summed E-state index contributed by atoms with van der Waals surface area (Å²) in [4.78, 5) is 18.5. The second-order valence-electron chi connectivity index (χ2n) is 9.89. The highest BCUT2D eigenvalue weighted by Gasteiger charge is 2.29. The molecule has 1 aliphatic carbocycles. The van der Waals surface area contributed by atoms with Crippen LogP contribution in [0.4, 0.5) is 0 Å². The molecule has 0 bridgehead atoms. The molecule has 37 heavy (non-hydrogen) atoms. The van der Waals surface area contributed by atoms with Gasteiger partial charge in [-0.15, -0.1) is 5.10 Å². The lowest BCUT2D eigenvalue weighted by Crippen LogP contribution is -2.33.